The molecule has 1 N–H and O–H groups in total. The summed E-state index contributed by atoms with van der Waals surface area (Å²) in [7, 11) is 0. The van der Waals surface area contributed by atoms with E-state index in [0.29, 0.717) is 6.61 Å². The molecule has 100 valence electrons. The fraction of sp³-hybridized carbons (Fsp3) is 0.250. The maximum atomic E-state index is 9.75. The Hall–Kier alpha value is -1.07. The summed E-state index contributed by atoms with van der Waals surface area (Å²) in [6.07, 6.45) is -0.521. The monoisotopic (exact) mass is 368 g/mol. The summed E-state index contributed by atoms with van der Waals surface area (Å²) >= 11 is 2.28. The van der Waals surface area contributed by atoms with E-state index < -0.39 is 6.10 Å². The molecular weight excluding hydrogens is 351 g/mol. The van der Waals surface area contributed by atoms with E-state index in [4.69, 9.17) is 4.74 Å². The van der Waals surface area contributed by atoms with Gasteiger partial charge in [0.2, 0.25) is 0 Å². The molecule has 0 aliphatic rings. The second-order valence-corrected chi connectivity index (χ2v) is 5.88. The summed E-state index contributed by atoms with van der Waals surface area (Å²) in [5.74, 6) is 0.758. The Kier molecular flexibility index (Phi) is 4.82. The van der Waals surface area contributed by atoms with Crippen molar-refractivity contribution in [2.24, 2.45) is 0 Å². The number of halogens is 1. The molecule has 0 heterocycles. The van der Waals surface area contributed by atoms with Crippen molar-refractivity contribution in [1.29, 1.82) is 0 Å². The molecule has 0 amide bonds. The lowest BCUT2D eigenvalue weighted by Crippen LogP contribution is -2.01. The van der Waals surface area contributed by atoms with Gasteiger partial charge in [0.05, 0.1) is 6.10 Å². The molecular formula is C16H17IO2. The topological polar surface area (TPSA) is 29.5 Å². The average Bonchev–Trinajstić information content (AvgIpc) is 2.38. The highest BCUT2D eigenvalue weighted by molar-refractivity contribution is 14.1. The minimum atomic E-state index is -0.521. The number of aliphatic hydroxyl groups excluding tert-OH is 1. The maximum absolute atomic E-state index is 9.75. The summed E-state index contributed by atoms with van der Waals surface area (Å²) in [5.41, 5.74) is 3.08. The Labute approximate surface area is 127 Å². The summed E-state index contributed by atoms with van der Waals surface area (Å²) in [6, 6.07) is 14.1. The average molecular weight is 368 g/mol. The van der Waals surface area contributed by atoms with Crippen LogP contribution in [0.5, 0.6) is 5.75 Å². The Morgan fingerprint density at radius 3 is 2.47 bits per heavy atom. The summed E-state index contributed by atoms with van der Waals surface area (Å²) < 4.78 is 7.05. The van der Waals surface area contributed by atoms with Crippen LogP contribution in [0, 0.1) is 10.5 Å². The Morgan fingerprint density at radius 2 is 1.84 bits per heavy atom. The quantitative estimate of drug-likeness (QED) is 0.819. The zero-order valence-electron chi connectivity index (χ0n) is 11.1. The molecule has 0 saturated carbocycles. The molecule has 0 aromatic heterocycles. The Bertz CT molecular complexity index is 547. The lowest BCUT2D eigenvalue weighted by molar-refractivity contribution is 0.190. The van der Waals surface area contributed by atoms with Crippen molar-refractivity contribution in [3.05, 3.63) is 62.7 Å². The van der Waals surface area contributed by atoms with Gasteiger partial charge in [-0.05, 0) is 65.8 Å². The number of hydrogen-bond acceptors (Lipinski definition) is 2. The third kappa shape index (κ3) is 3.94. The SMILES string of the molecule is Cc1ccc([C@@H](C)O)c(OCc2ccc(I)cc2)c1. The molecule has 0 aliphatic carbocycles. The molecule has 2 aromatic carbocycles. The van der Waals surface area contributed by atoms with Crippen molar-refractivity contribution < 1.29 is 9.84 Å². The van der Waals surface area contributed by atoms with Crippen molar-refractivity contribution in [3.8, 4) is 5.75 Å². The third-order valence-corrected chi connectivity index (χ3v) is 3.65. The van der Waals surface area contributed by atoms with Crippen LogP contribution in [0.3, 0.4) is 0 Å². The van der Waals surface area contributed by atoms with E-state index in [1.807, 2.05) is 25.1 Å². The smallest absolute Gasteiger partial charge is 0.125 e. The molecule has 0 fully saturated rings. The second kappa shape index (κ2) is 6.39. The minimum absolute atomic E-state index is 0.514. The van der Waals surface area contributed by atoms with Crippen LogP contribution in [0.15, 0.2) is 42.5 Å². The first-order valence-corrected chi connectivity index (χ1v) is 7.30. The highest BCUT2D eigenvalue weighted by atomic mass is 127. The maximum Gasteiger partial charge on any atom is 0.125 e. The van der Waals surface area contributed by atoms with Gasteiger partial charge in [-0.1, -0.05) is 24.3 Å². The van der Waals surface area contributed by atoms with Crippen LogP contribution in [0.25, 0.3) is 0 Å². The van der Waals surface area contributed by atoms with Crippen molar-refractivity contribution >= 4 is 22.6 Å². The van der Waals surface area contributed by atoms with Crippen molar-refractivity contribution in [1.82, 2.24) is 0 Å². The first kappa shape index (κ1) is 14.3. The first-order chi connectivity index (χ1) is 9.06. The largest absolute Gasteiger partial charge is 0.489 e. The van der Waals surface area contributed by atoms with Crippen LogP contribution in [-0.2, 0) is 6.61 Å². The van der Waals surface area contributed by atoms with Gasteiger partial charge >= 0.3 is 0 Å². The zero-order chi connectivity index (χ0) is 13.8. The van der Waals surface area contributed by atoms with Crippen LogP contribution in [-0.4, -0.2) is 5.11 Å². The van der Waals surface area contributed by atoms with Gasteiger partial charge in [0.25, 0.3) is 0 Å². The molecule has 0 bridgehead atoms. The van der Waals surface area contributed by atoms with Gasteiger partial charge < -0.3 is 9.84 Å². The minimum Gasteiger partial charge on any atom is -0.489 e. The summed E-state index contributed by atoms with van der Waals surface area (Å²) in [5, 5.41) is 9.75. The number of benzene rings is 2. The lowest BCUT2D eigenvalue weighted by Gasteiger charge is -2.14. The van der Waals surface area contributed by atoms with E-state index in [1.54, 1.807) is 6.92 Å². The number of ether oxygens (including phenoxy) is 1. The van der Waals surface area contributed by atoms with Crippen LogP contribution in [0.1, 0.15) is 29.7 Å². The lowest BCUT2D eigenvalue weighted by atomic mass is 10.1. The molecule has 2 rings (SSSR count). The molecule has 0 unspecified atom stereocenters. The van der Waals surface area contributed by atoms with Crippen LogP contribution >= 0.6 is 22.6 Å². The van der Waals surface area contributed by atoms with E-state index >= 15 is 0 Å². The van der Waals surface area contributed by atoms with Gasteiger partial charge in [-0.25, -0.2) is 0 Å². The number of hydrogen-bond donors (Lipinski definition) is 1. The van der Waals surface area contributed by atoms with E-state index in [1.165, 1.54) is 3.57 Å². The van der Waals surface area contributed by atoms with E-state index in [-0.39, 0.29) is 0 Å². The predicted molar refractivity (Wildman–Crippen MR) is 85.3 cm³/mol. The van der Waals surface area contributed by atoms with Crippen molar-refractivity contribution in [2.45, 2.75) is 26.6 Å². The molecule has 1 atom stereocenters. The van der Waals surface area contributed by atoms with E-state index in [0.717, 1.165) is 22.4 Å². The number of aliphatic hydroxyl groups is 1. The molecule has 0 radical (unpaired) electrons. The van der Waals surface area contributed by atoms with Gasteiger partial charge in [0.15, 0.2) is 0 Å². The molecule has 2 aromatic rings. The zero-order valence-corrected chi connectivity index (χ0v) is 13.2. The predicted octanol–water partition coefficient (Wildman–Crippen LogP) is 4.23. The second-order valence-electron chi connectivity index (χ2n) is 4.63. The van der Waals surface area contributed by atoms with Crippen LogP contribution < -0.4 is 4.74 Å². The highest BCUT2D eigenvalue weighted by Crippen LogP contribution is 2.27. The van der Waals surface area contributed by atoms with Crippen LogP contribution in [0.4, 0.5) is 0 Å². The highest BCUT2D eigenvalue weighted by Gasteiger charge is 2.09. The fourth-order valence-electron chi connectivity index (χ4n) is 1.85. The summed E-state index contributed by atoms with van der Waals surface area (Å²) in [4.78, 5) is 0. The first-order valence-electron chi connectivity index (χ1n) is 6.22. The van der Waals surface area contributed by atoms with Gasteiger partial charge in [-0.2, -0.15) is 0 Å². The molecule has 0 spiro atoms. The van der Waals surface area contributed by atoms with Crippen molar-refractivity contribution in [3.63, 3.8) is 0 Å². The molecule has 3 heteroatoms. The molecule has 19 heavy (non-hydrogen) atoms. The Morgan fingerprint density at radius 1 is 1.16 bits per heavy atom. The normalized spacial score (nSPS) is 12.2. The number of aryl methyl sites for hydroxylation is 1. The molecule has 0 aliphatic heterocycles. The number of rotatable bonds is 4. The van der Waals surface area contributed by atoms with Crippen molar-refractivity contribution in [2.75, 3.05) is 0 Å². The van der Waals surface area contributed by atoms with E-state index in [2.05, 4.69) is 46.9 Å². The fourth-order valence-corrected chi connectivity index (χ4v) is 2.21. The van der Waals surface area contributed by atoms with Gasteiger partial charge in [-0.15, -0.1) is 0 Å². The third-order valence-electron chi connectivity index (χ3n) is 2.93. The molecule has 0 saturated heterocycles. The van der Waals surface area contributed by atoms with Gasteiger partial charge in [0.1, 0.15) is 12.4 Å². The molecule has 2 nitrogen and oxygen atoms in total. The van der Waals surface area contributed by atoms with Gasteiger partial charge in [-0.3, -0.25) is 0 Å². The van der Waals surface area contributed by atoms with Crippen LogP contribution in [0.2, 0.25) is 0 Å². The van der Waals surface area contributed by atoms with E-state index in [9.17, 15) is 5.11 Å². The standard InChI is InChI=1S/C16H17IO2/c1-11-3-8-15(12(2)18)16(9-11)19-10-13-4-6-14(17)7-5-13/h3-9,12,18H,10H2,1-2H3/t12-/m1/s1. The Balaban J connectivity index is 2.14. The summed E-state index contributed by atoms with van der Waals surface area (Å²) in [6.45, 7) is 4.28. The van der Waals surface area contributed by atoms with Gasteiger partial charge in [0, 0.05) is 9.13 Å².